The molecule has 0 fully saturated rings. The van der Waals surface area contributed by atoms with Gasteiger partial charge in [-0.05, 0) is 19.3 Å². The second-order valence-corrected chi connectivity index (χ2v) is 2.89. The van der Waals surface area contributed by atoms with E-state index in [9.17, 15) is 0 Å². The van der Waals surface area contributed by atoms with E-state index in [-0.39, 0.29) is 0 Å². The second-order valence-electron chi connectivity index (χ2n) is 2.89. The van der Waals surface area contributed by atoms with Gasteiger partial charge in [0.25, 0.3) is 0 Å². The highest BCUT2D eigenvalue weighted by Gasteiger charge is 2.04. The number of hydrogen-bond donors (Lipinski definition) is 1. The lowest BCUT2D eigenvalue weighted by molar-refractivity contribution is -1.09. The minimum atomic E-state index is 0.898. The molecule has 0 aromatic heterocycles. The molecule has 0 aromatic carbocycles. The highest BCUT2D eigenvalue weighted by atomic mass is 16.7. The van der Waals surface area contributed by atoms with Gasteiger partial charge in [-0.1, -0.05) is 20.8 Å². The van der Waals surface area contributed by atoms with Crippen LogP contribution in [0.1, 0.15) is 40.0 Å². The van der Waals surface area contributed by atoms with Crippen LogP contribution >= 0.6 is 0 Å². The molecule has 0 saturated heterocycles. The first-order valence-electron chi connectivity index (χ1n) is 4.82. The van der Waals surface area contributed by atoms with Gasteiger partial charge >= 0.3 is 0 Å². The first-order valence-corrected chi connectivity index (χ1v) is 4.82. The van der Waals surface area contributed by atoms with Crippen LogP contribution in [0.2, 0.25) is 0 Å². The lowest BCUT2D eigenvalue weighted by Crippen LogP contribution is -3.11. The Bertz CT molecular complexity index is 70.0. The third kappa shape index (κ3) is 6.32. The summed E-state index contributed by atoms with van der Waals surface area (Å²) >= 11 is 0. The van der Waals surface area contributed by atoms with E-state index in [4.69, 9.17) is 4.84 Å². The molecule has 68 valence electrons. The molecule has 0 spiro atoms. The van der Waals surface area contributed by atoms with Crippen molar-refractivity contribution in [3.8, 4) is 0 Å². The number of hydroxylamine groups is 2. The van der Waals surface area contributed by atoms with E-state index in [2.05, 4.69) is 20.8 Å². The molecule has 0 bridgehead atoms. The molecule has 0 rings (SSSR count). The van der Waals surface area contributed by atoms with Gasteiger partial charge < -0.3 is 0 Å². The molecule has 1 N–H and O–H groups in total. The van der Waals surface area contributed by atoms with Crippen molar-refractivity contribution in [3.63, 3.8) is 0 Å². The molecule has 2 heteroatoms. The van der Waals surface area contributed by atoms with Gasteiger partial charge in [-0.3, -0.25) is 0 Å². The maximum atomic E-state index is 5.59. The van der Waals surface area contributed by atoms with Crippen molar-refractivity contribution in [1.29, 1.82) is 0 Å². The molecule has 0 aliphatic carbocycles. The zero-order valence-corrected chi connectivity index (χ0v) is 8.15. The van der Waals surface area contributed by atoms with Gasteiger partial charge in [-0.15, -0.1) is 0 Å². The smallest absolute Gasteiger partial charge is 0.107 e. The molecule has 2 nitrogen and oxygen atoms in total. The zero-order valence-electron chi connectivity index (χ0n) is 8.15. The molecule has 0 amide bonds. The summed E-state index contributed by atoms with van der Waals surface area (Å²) in [4.78, 5) is 5.59. The molecule has 0 radical (unpaired) electrons. The van der Waals surface area contributed by atoms with E-state index in [1.54, 1.807) is 0 Å². The molecular formula is C9H22NO+. The predicted octanol–water partition coefficient (Wildman–Crippen LogP) is 1.03. The third-order valence-corrected chi connectivity index (χ3v) is 1.57. The topological polar surface area (TPSA) is 13.7 Å². The summed E-state index contributed by atoms with van der Waals surface area (Å²) in [5.41, 5.74) is 0. The Kier molecular flexibility index (Phi) is 7.96. The molecule has 0 aliphatic heterocycles. The van der Waals surface area contributed by atoms with Gasteiger partial charge in [0, 0.05) is 0 Å². The summed E-state index contributed by atoms with van der Waals surface area (Å²) in [5.74, 6) is 0. The summed E-state index contributed by atoms with van der Waals surface area (Å²) in [5, 5.41) is 1.30. The van der Waals surface area contributed by atoms with Crippen molar-refractivity contribution < 1.29 is 9.90 Å². The van der Waals surface area contributed by atoms with Crippen LogP contribution in [0.3, 0.4) is 0 Å². The number of nitrogens with one attached hydrogen (secondary N) is 1. The number of quaternary nitrogens is 1. The molecule has 0 heterocycles. The van der Waals surface area contributed by atoms with Crippen LogP contribution in [0.4, 0.5) is 0 Å². The molecule has 11 heavy (non-hydrogen) atoms. The van der Waals surface area contributed by atoms with E-state index in [0.717, 1.165) is 26.1 Å². The first kappa shape index (κ1) is 10.9. The standard InChI is InChI=1S/C9H21NO/c1-4-7-10(8-5-2)11-9-6-3/h4-9H2,1-3H3/p+1. The SMILES string of the molecule is CCCO[NH+](CCC)CCC. The van der Waals surface area contributed by atoms with Gasteiger partial charge in [0.05, 0.1) is 0 Å². The van der Waals surface area contributed by atoms with Crippen LogP contribution in [0.25, 0.3) is 0 Å². The van der Waals surface area contributed by atoms with Gasteiger partial charge in [0.15, 0.2) is 0 Å². The Labute approximate surface area is 70.5 Å². The van der Waals surface area contributed by atoms with Crippen LogP contribution in [-0.4, -0.2) is 19.7 Å². The minimum absolute atomic E-state index is 0.898. The average molecular weight is 160 g/mol. The van der Waals surface area contributed by atoms with E-state index < -0.39 is 0 Å². The Morgan fingerprint density at radius 2 is 1.45 bits per heavy atom. The van der Waals surface area contributed by atoms with Gasteiger partial charge in [0.2, 0.25) is 0 Å². The van der Waals surface area contributed by atoms with Gasteiger partial charge in [-0.2, -0.15) is 5.06 Å². The Balaban J connectivity index is 3.34. The quantitative estimate of drug-likeness (QED) is 0.549. The van der Waals surface area contributed by atoms with E-state index in [0.29, 0.717) is 0 Å². The van der Waals surface area contributed by atoms with E-state index in [1.165, 1.54) is 17.9 Å². The van der Waals surface area contributed by atoms with Crippen LogP contribution in [0, 0.1) is 0 Å². The zero-order chi connectivity index (χ0) is 8.53. The highest BCUT2D eigenvalue weighted by Crippen LogP contribution is 1.74. The Hall–Kier alpha value is -0.0800. The summed E-state index contributed by atoms with van der Waals surface area (Å²) in [7, 11) is 0. The lowest BCUT2D eigenvalue weighted by atomic mass is 10.4. The summed E-state index contributed by atoms with van der Waals surface area (Å²) in [6, 6.07) is 0. The normalized spacial score (nSPS) is 10.9. The maximum absolute atomic E-state index is 5.59. The van der Waals surface area contributed by atoms with Crippen molar-refractivity contribution in [2.75, 3.05) is 19.7 Å². The number of hydrogen-bond acceptors (Lipinski definition) is 1. The summed E-state index contributed by atoms with van der Waals surface area (Å²) in [6.45, 7) is 9.74. The highest BCUT2D eigenvalue weighted by molar-refractivity contribution is 4.22. The average Bonchev–Trinajstić information content (AvgIpc) is 2.01. The Morgan fingerprint density at radius 3 is 1.82 bits per heavy atom. The molecule has 0 atom stereocenters. The van der Waals surface area contributed by atoms with E-state index >= 15 is 0 Å². The molecular weight excluding hydrogens is 138 g/mol. The predicted molar refractivity (Wildman–Crippen MR) is 47.5 cm³/mol. The number of rotatable bonds is 7. The van der Waals surface area contributed by atoms with Crippen molar-refractivity contribution >= 4 is 0 Å². The monoisotopic (exact) mass is 160 g/mol. The summed E-state index contributed by atoms with van der Waals surface area (Å²) in [6.07, 6.45) is 3.54. The van der Waals surface area contributed by atoms with Crippen molar-refractivity contribution in [1.82, 2.24) is 0 Å². The van der Waals surface area contributed by atoms with Gasteiger partial charge in [0.1, 0.15) is 19.7 Å². The fourth-order valence-electron chi connectivity index (χ4n) is 1.07. The maximum Gasteiger partial charge on any atom is 0.107 e. The minimum Gasteiger partial charge on any atom is -0.205 e. The molecule has 0 saturated carbocycles. The van der Waals surface area contributed by atoms with Crippen molar-refractivity contribution in [3.05, 3.63) is 0 Å². The summed E-state index contributed by atoms with van der Waals surface area (Å²) < 4.78 is 0. The fraction of sp³-hybridized carbons (Fsp3) is 1.00. The lowest BCUT2D eigenvalue weighted by Gasteiger charge is -2.15. The third-order valence-electron chi connectivity index (χ3n) is 1.57. The van der Waals surface area contributed by atoms with Crippen LogP contribution in [0.5, 0.6) is 0 Å². The van der Waals surface area contributed by atoms with Crippen LogP contribution in [-0.2, 0) is 4.84 Å². The van der Waals surface area contributed by atoms with Crippen molar-refractivity contribution in [2.24, 2.45) is 0 Å². The van der Waals surface area contributed by atoms with Crippen LogP contribution in [0.15, 0.2) is 0 Å². The molecule has 0 aromatic rings. The Morgan fingerprint density at radius 1 is 0.909 bits per heavy atom. The molecule has 0 unspecified atom stereocenters. The molecule has 0 aliphatic rings. The van der Waals surface area contributed by atoms with Crippen molar-refractivity contribution in [2.45, 2.75) is 40.0 Å². The largest absolute Gasteiger partial charge is 0.205 e. The second kappa shape index (κ2) is 8.02. The van der Waals surface area contributed by atoms with Gasteiger partial charge in [-0.25, -0.2) is 4.84 Å². The van der Waals surface area contributed by atoms with Crippen LogP contribution < -0.4 is 5.06 Å². The van der Waals surface area contributed by atoms with E-state index in [1.807, 2.05) is 0 Å². The first-order chi connectivity index (χ1) is 5.35. The fourth-order valence-corrected chi connectivity index (χ4v) is 1.07.